The number of carbonyl (C=O) groups is 1. The van der Waals surface area contributed by atoms with Gasteiger partial charge in [-0.15, -0.1) is 0 Å². The molecule has 0 spiro atoms. The van der Waals surface area contributed by atoms with Crippen LogP contribution in [0.2, 0.25) is 0 Å². The van der Waals surface area contributed by atoms with Gasteiger partial charge in [0.25, 0.3) is 5.91 Å². The van der Waals surface area contributed by atoms with E-state index in [4.69, 9.17) is 4.74 Å². The standard InChI is InChI=1S/C16H17NO3/c18-10-13-11-20-9-8-17(13)16(19)15-7-3-5-12-4-1-2-6-14(12)15/h1-7,13,18H,8-11H2. The smallest absolute Gasteiger partial charge is 0.254 e. The van der Waals surface area contributed by atoms with Gasteiger partial charge in [0.2, 0.25) is 0 Å². The molecule has 1 heterocycles. The molecule has 0 radical (unpaired) electrons. The van der Waals surface area contributed by atoms with E-state index in [1.54, 1.807) is 4.90 Å². The number of benzene rings is 2. The zero-order valence-electron chi connectivity index (χ0n) is 11.2. The molecule has 2 aromatic carbocycles. The first kappa shape index (κ1) is 13.1. The summed E-state index contributed by atoms with van der Waals surface area (Å²) in [6, 6.07) is 13.3. The van der Waals surface area contributed by atoms with Gasteiger partial charge in [-0.05, 0) is 16.8 Å². The Morgan fingerprint density at radius 1 is 1.25 bits per heavy atom. The van der Waals surface area contributed by atoms with Gasteiger partial charge in [0.15, 0.2) is 0 Å². The molecule has 104 valence electrons. The van der Waals surface area contributed by atoms with Gasteiger partial charge in [0.05, 0.1) is 25.9 Å². The second kappa shape index (κ2) is 5.61. The predicted octanol–water partition coefficient (Wildman–Crippen LogP) is 1.67. The molecular formula is C16H17NO3. The normalized spacial score (nSPS) is 19.2. The quantitative estimate of drug-likeness (QED) is 0.904. The van der Waals surface area contributed by atoms with Crippen LogP contribution in [-0.2, 0) is 4.74 Å². The maximum atomic E-state index is 12.7. The van der Waals surface area contributed by atoms with Crippen molar-refractivity contribution in [2.24, 2.45) is 0 Å². The van der Waals surface area contributed by atoms with E-state index in [-0.39, 0.29) is 18.6 Å². The minimum absolute atomic E-state index is 0.0378. The van der Waals surface area contributed by atoms with Gasteiger partial charge >= 0.3 is 0 Å². The number of morpholine rings is 1. The first-order valence-electron chi connectivity index (χ1n) is 6.78. The van der Waals surface area contributed by atoms with Gasteiger partial charge in [0, 0.05) is 12.1 Å². The Morgan fingerprint density at radius 3 is 2.90 bits per heavy atom. The molecule has 4 nitrogen and oxygen atoms in total. The Kier molecular flexibility index (Phi) is 3.67. The Morgan fingerprint density at radius 2 is 2.05 bits per heavy atom. The molecule has 1 fully saturated rings. The number of ether oxygens (including phenoxy) is 1. The highest BCUT2D eigenvalue weighted by molar-refractivity contribution is 6.07. The zero-order valence-corrected chi connectivity index (χ0v) is 11.2. The molecule has 2 aromatic rings. The van der Waals surface area contributed by atoms with Crippen molar-refractivity contribution in [1.29, 1.82) is 0 Å². The van der Waals surface area contributed by atoms with E-state index in [1.807, 2.05) is 42.5 Å². The van der Waals surface area contributed by atoms with E-state index in [0.29, 0.717) is 25.3 Å². The number of aliphatic hydroxyl groups excluding tert-OH is 1. The highest BCUT2D eigenvalue weighted by atomic mass is 16.5. The summed E-state index contributed by atoms with van der Waals surface area (Å²) in [5.41, 5.74) is 0.684. The Hall–Kier alpha value is -1.91. The molecule has 0 saturated carbocycles. The number of amides is 1. The van der Waals surface area contributed by atoms with Gasteiger partial charge in [-0.2, -0.15) is 0 Å². The van der Waals surface area contributed by atoms with Gasteiger partial charge in [-0.1, -0.05) is 36.4 Å². The fourth-order valence-electron chi connectivity index (χ4n) is 2.64. The third-order valence-corrected chi connectivity index (χ3v) is 3.72. The van der Waals surface area contributed by atoms with Crippen LogP contribution in [0, 0.1) is 0 Å². The monoisotopic (exact) mass is 271 g/mol. The number of aliphatic hydroxyl groups is 1. The third kappa shape index (κ3) is 2.28. The van der Waals surface area contributed by atoms with Crippen molar-refractivity contribution < 1.29 is 14.6 Å². The first-order valence-corrected chi connectivity index (χ1v) is 6.78. The van der Waals surface area contributed by atoms with Crippen LogP contribution >= 0.6 is 0 Å². The van der Waals surface area contributed by atoms with Gasteiger partial charge in [-0.25, -0.2) is 0 Å². The average Bonchev–Trinajstić information content (AvgIpc) is 2.53. The molecule has 1 N–H and O–H groups in total. The van der Waals surface area contributed by atoms with Crippen molar-refractivity contribution in [3.8, 4) is 0 Å². The number of carbonyl (C=O) groups excluding carboxylic acids is 1. The molecule has 4 heteroatoms. The first-order chi connectivity index (χ1) is 9.81. The van der Waals surface area contributed by atoms with Crippen LogP contribution in [0.5, 0.6) is 0 Å². The van der Waals surface area contributed by atoms with Crippen LogP contribution in [-0.4, -0.2) is 48.3 Å². The number of hydrogen-bond donors (Lipinski definition) is 1. The Bertz CT molecular complexity index is 621. The summed E-state index contributed by atoms with van der Waals surface area (Å²) >= 11 is 0. The minimum Gasteiger partial charge on any atom is -0.394 e. The van der Waals surface area contributed by atoms with E-state index in [9.17, 15) is 9.90 Å². The number of hydrogen-bond acceptors (Lipinski definition) is 3. The summed E-state index contributed by atoms with van der Waals surface area (Å²) in [6.45, 7) is 1.36. The lowest BCUT2D eigenvalue weighted by Gasteiger charge is -2.34. The molecule has 0 aromatic heterocycles. The van der Waals surface area contributed by atoms with Crippen LogP contribution in [0.4, 0.5) is 0 Å². The minimum atomic E-state index is -0.254. The molecule has 1 aliphatic heterocycles. The topological polar surface area (TPSA) is 49.8 Å². The van der Waals surface area contributed by atoms with Gasteiger partial charge in [0.1, 0.15) is 0 Å². The van der Waals surface area contributed by atoms with Crippen LogP contribution in [0.3, 0.4) is 0 Å². The number of fused-ring (bicyclic) bond motifs is 1. The molecule has 1 atom stereocenters. The summed E-state index contributed by atoms with van der Waals surface area (Å²) in [5, 5.41) is 11.4. The van der Waals surface area contributed by atoms with Crippen molar-refractivity contribution in [3.05, 3.63) is 48.0 Å². The van der Waals surface area contributed by atoms with E-state index < -0.39 is 0 Å². The summed E-state index contributed by atoms with van der Waals surface area (Å²) in [7, 11) is 0. The lowest BCUT2D eigenvalue weighted by molar-refractivity contribution is -0.0183. The van der Waals surface area contributed by atoms with Gasteiger partial charge in [-0.3, -0.25) is 4.79 Å². The van der Waals surface area contributed by atoms with Crippen LogP contribution in [0.1, 0.15) is 10.4 Å². The molecule has 1 amide bonds. The lowest BCUT2D eigenvalue weighted by atomic mass is 10.0. The van der Waals surface area contributed by atoms with Crippen LogP contribution in [0.15, 0.2) is 42.5 Å². The van der Waals surface area contributed by atoms with Crippen molar-refractivity contribution >= 4 is 16.7 Å². The maximum absolute atomic E-state index is 12.7. The SMILES string of the molecule is O=C(c1cccc2ccccc12)N1CCOCC1CO. The van der Waals surface area contributed by atoms with Crippen molar-refractivity contribution in [2.75, 3.05) is 26.4 Å². The summed E-state index contributed by atoms with van der Waals surface area (Å²) < 4.78 is 5.32. The largest absolute Gasteiger partial charge is 0.394 e. The van der Waals surface area contributed by atoms with Crippen LogP contribution in [0.25, 0.3) is 10.8 Å². The van der Waals surface area contributed by atoms with E-state index in [0.717, 1.165) is 10.8 Å². The summed E-state index contributed by atoms with van der Waals surface area (Å²) in [5.74, 6) is -0.0378. The summed E-state index contributed by atoms with van der Waals surface area (Å²) in [6.07, 6.45) is 0. The highest BCUT2D eigenvalue weighted by Crippen LogP contribution is 2.21. The predicted molar refractivity (Wildman–Crippen MR) is 76.7 cm³/mol. The molecule has 0 aliphatic carbocycles. The third-order valence-electron chi connectivity index (χ3n) is 3.72. The second-order valence-electron chi connectivity index (χ2n) is 4.94. The van der Waals surface area contributed by atoms with E-state index >= 15 is 0 Å². The molecule has 3 rings (SSSR count). The van der Waals surface area contributed by atoms with Gasteiger partial charge < -0.3 is 14.7 Å². The lowest BCUT2D eigenvalue weighted by Crippen LogP contribution is -2.50. The molecule has 0 bridgehead atoms. The Balaban J connectivity index is 1.99. The molecule has 20 heavy (non-hydrogen) atoms. The fourth-order valence-corrected chi connectivity index (χ4v) is 2.64. The Labute approximate surface area is 117 Å². The van der Waals surface area contributed by atoms with E-state index in [2.05, 4.69) is 0 Å². The van der Waals surface area contributed by atoms with E-state index in [1.165, 1.54) is 0 Å². The number of nitrogens with zero attached hydrogens (tertiary/aromatic N) is 1. The van der Waals surface area contributed by atoms with Crippen LogP contribution < -0.4 is 0 Å². The zero-order chi connectivity index (χ0) is 13.9. The number of rotatable bonds is 2. The van der Waals surface area contributed by atoms with Crippen molar-refractivity contribution in [1.82, 2.24) is 4.90 Å². The second-order valence-corrected chi connectivity index (χ2v) is 4.94. The van der Waals surface area contributed by atoms with Crippen molar-refractivity contribution in [2.45, 2.75) is 6.04 Å². The average molecular weight is 271 g/mol. The van der Waals surface area contributed by atoms with Crippen molar-refractivity contribution in [3.63, 3.8) is 0 Å². The highest BCUT2D eigenvalue weighted by Gasteiger charge is 2.28. The summed E-state index contributed by atoms with van der Waals surface area (Å²) in [4.78, 5) is 14.5. The fraction of sp³-hybridized carbons (Fsp3) is 0.312. The maximum Gasteiger partial charge on any atom is 0.254 e. The molecule has 1 aliphatic rings. The molecule has 1 saturated heterocycles. The molecule has 1 unspecified atom stereocenters. The molecular weight excluding hydrogens is 254 g/mol.